The summed E-state index contributed by atoms with van der Waals surface area (Å²) in [4.78, 5) is 32.7. The maximum absolute atomic E-state index is 14.2. The van der Waals surface area contributed by atoms with Crippen LogP contribution >= 0.6 is 7.82 Å². The molecular formula is C27H28F2NO6P. The van der Waals surface area contributed by atoms with E-state index in [9.17, 15) is 18.1 Å². The number of ether oxygens (including phenoxy) is 1. The van der Waals surface area contributed by atoms with Crippen LogP contribution in [-0.2, 0) is 19.4 Å². The van der Waals surface area contributed by atoms with E-state index in [4.69, 9.17) is 14.5 Å². The average molecular weight is 531 g/mol. The van der Waals surface area contributed by atoms with Gasteiger partial charge in [-0.05, 0) is 48.6 Å². The molecule has 1 saturated heterocycles. The van der Waals surface area contributed by atoms with Gasteiger partial charge in [-0.2, -0.15) is 0 Å². The smallest absolute Gasteiger partial charge is 0.438 e. The fraction of sp³-hybridized carbons (Fsp3) is 0.296. The van der Waals surface area contributed by atoms with E-state index in [-0.39, 0.29) is 24.6 Å². The maximum Gasteiger partial charge on any atom is 0.469 e. The summed E-state index contributed by atoms with van der Waals surface area (Å²) in [5.41, 5.74) is 1.56. The van der Waals surface area contributed by atoms with Gasteiger partial charge in [-0.1, -0.05) is 54.6 Å². The zero-order valence-electron chi connectivity index (χ0n) is 20.2. The molecule has 2 atom stereocenters. The van der Waals surface area contributed by atoms with E-state index in [0.717, 1.165) is 17.2 Å². The fourth-order valence-electron chi connectivity index (χ4n) is 4.67. The molecule has 3 aromatic rings. The van der Waals surface area contributed by atoms with Crippen molar-refractivity contribution in [2.75, 3.05) is 13.2 Å². The first-order valence-electron chi connectivity index (χ1n) is 11.9. The number of carbonyl (C=O) groups is 1. The highest BCUT2D eigenvalue weighted by Crippen LogP contribution is 2.42. The summed E-state index contributed by atoms with van der Waals surface area (Å²) < 4.78 is 49.0. The molecule has 37 heavy (non-hydrogen) atoms. The Morgan fingerprint density at radius 2 is 1.78 bits per heavy atom. The molecule has 10 heteroatoms. The molecule has 0 radical (unpaired) electrons. The number of rotatable bonds is 9. The first-order valence-corrected chi connectivity index (χ1v) is 13.4. The van der Waals surface area contributed by atoms with Gasteiger partial charge in [0.05, 0.1) is 12.6 Å². The molecule has 3 aromatic carbocycles. The van der Waals surface area contributed by atoms with Crippen molar-refractivity contribution in [2.24, 2.45) is 0 Å². The van der Waals surface area contributed by atoms with Gasteiger partial charge in [0, 0.05) is 24.6 Å². The Morgan fingerprint density at radius 1 is 1.08 bits per heavy atom. The third-order valence-electron chi connectivity index (χ3n) is 6.66. The van der Waals surface area contributed by atoms with Crippen LogP contribution in [0.25, 0.3) is 11.1 Å². The second-order valence-corrected chi connectivity index (χ2v) is 10.3. The van der Waals surface area contributed by atoms with Crippen molar-refractivity contribution in [3.05, 3.63) is 95.6 Å². The van der Waals surface area contributed by atoms with E-state index in [1.807, 2.05) is 37.3 Å². The number of amides is 1. The van der Waals surface area contributed by atoms with Crippen LogP contribution in [0.15, 0.2) is 72.8 Å². The molecule has 1 heterocycles. The van der Waals surface area contributed by atoms with Crippen molar-refractivity contribution < 1.29 is 37.2 Å². The average Bonchev–Trinajstić information content (AvgIpc) is 2.86. The molecule has 2 N–H and O–H groups in total. The third kappa shape index (κ3) is 6.43. The van der Waals surface area contributed by atoms with Gasteiger partial charge < -0.3 is 19.4 Å². The van der Waals surface area contributed by atoms with E-state index in [0.29, 0.717) is 24.9 Å². The van der Waals surface area contributed by atoms with Crippen LogP contribution in [0.2, 0.25) is 0 Å². The lowest BCUT2D eigenvalue weighted by Gasteiger charge is -2.43. The lowest BCUT2D eigenvalue weighted by Crippen LogP contribution is -2.48. The number of benzene rings is 3. The molecule has 0 aliphatic carbocycles. The molecule has 0 bridgehead atoms. The van der Waals surface area contributed by atoms with Crippen molar-refractivity contribution in [3.63, 3.8) is 0 Å². The normalized spacial score (nSPS) is 18.9. The number of hydrogen-bond acceptors (Lipinski definition) is 4. The molecular weight excluding hydrogens is 503 g/mol. The zero-order chi connectivity index (χ0) is 26.6. The number of carbonyl (C=O) groups excluding carboxylic acids is 1. The lowest BCUT2D eigenvalue weighted by molar-refractivity contribution is -0.0679. The van der Waals surface area contributed by atoms with Gasteiger partial charge in [-0.3, -0.25) is 4.52 Å². The van der Waals surface area contributed by atoms with Crippen molar-refractivity contribution in [1.29, 1.82) is 0 Å². The van der Waals surface area contributed by atoms with Gasteiger partial charge in [-0.25, -0.2) is 18.1 Å². The molecule has 1 aliphatic rings. The lowest BCUT2D eigenvalue weighted by atomic mass is 9.84. The van der Waals surface area contributed by atoms with Crippen molar-refractivity contribution in [1.82, 2.24) is 4.90 Å². The third-order valence-corrected chi connectivity index (χ3v) is 7.18. The monoisotopic (exact) mass is 531 g/mol. The summed E-state index contributed by atoms with van der Waals surface area (Å²) in [5.74, 6) is -1.29. The van der Waals surface area contributed by atoms with Crippen LogP contribution in [0.3, 0.4) is 0 Å². The topological polar surface area (TPSA) is 96.3 Å². The SMILES string of the molecule is C[C@@H](c1ccc(-c2ccc(F)cc2F)cc1)N1CC[C@@](CCCOP(=O)(O)O)(c2ccccc2)OC1=O. The van der Waals surface area contributed by atoms with Crippen LogP contribution in [0.4, 0.5) is 13.6 Å². The van der Waals surface area contributed by atoms with Gasteiger partial charge in [-0.15, -0.1) is 0 Å². The number of halogens is 2. The Bertz CT molecular complexity index is 1280. The van der Waals surface area contributed by atoms with Crippen molar-refractivity contribution >= 4 is 13.9 Å². The highest BCUT2D eigenvalue weighted by Gasteiger charge is 2.43. The van der Waals surface area contributed by atoms with Crippen molar-refractivity contribution in [3.8, 4) is 11.1 Å². The van der Waals surface area contributed by atoms with Crippen LogP contribution in [-0.4, -0.2) is 33.9 Å². The van der Waals surface area contributed by atoms with E-state index in [1.54, 1.807) is 29.2 Å². The second kappa shape index (κ2) is 11.1. The number of phosphoric acid groups is 1. The van der Waals surface area contributed by atoms with E-state index < -0.39 is 31.2 Å². The van der Waals surface area contributed by atoms with Gasteiger partial charge >= 0.3 is 13.9 Å². The minimum atomic E-state index is -4.58. The minimum absolute atomic E-state index is 0.169. The fourth-order valence-corrected chi connectivity index (χ4v) is 5.04. The van der Waals surface area contributed by atoms with Gasteiger partial charge in [0.25, 0.3) is 0 Å². The van der Waals surface area contributed by atoms with Gasteiger partial charge in [0.15, 0.2) is 0 Å². The first-order chi connectivity index (χ1) is 17.6. The highest BCUT2D eigenvalue weighted by atomic mass is 31.2. The van der Waals surface area contributed by atoms with E-state index in [1.165, 1.54) is 12.1 Å². The quantitative estimate of drug-likeness (QED) is 0.248. The molecule has 1 aliphatic heterocycles. The summed E-state index contributed by atoms with van der Waals surface area (Å²) in [7, 11) is -4.58. The molecule has 1 fully saturated rings. The van der Waals surface area contributed by atoms with E-state index >= 15 is 0 Å². The highest BCUT2D eigenvalue weighted by molar-refractivity contribution is 7.46. The summed E-state index contributed by atoms with van der Waals surface area (Å²) in [6, 6.07) is 19.4. The largest absolute Gasteiger partial charge is 0.469 e. The van der Waals surface area contributed by atoms with Gasteiger partial charge in [0.1, 0.15) is 17.2 Å². The summed E-state index contributed by atoms with van der Waals surface area (Å²) >= 11 is 0. The standard InChI is InChI=1S/C27H28F2NO6P/c1-19(20-8-10-21(11-9-20)24-13-12-23(28)18-25(24)29)30-16-15-27(36-26(30)31,22-6-3-2-4-7-22)14-5-17-35-37(32,33)34/h2-4,6-13,18-19H,5,14-17H2,1H3,(H2,32,33,34)/t19-,27-/m0/s1. The summed E-state index contributed by atoms with van der Waals surface area (Å²) in [6.45, 7) is 2.10. The van der Waals surface area contributed by atoms with Crippen LogP contribution in [0.1, 0.15) is 43.4 Å². The Kier molecular flexibility index (Phi) is 8.09. The van der Waals surface area contributed by atoms with Crippen LogP contribution in [0, 0.1) is 11.6 Å². The molecule has 196 valence electrons. The van der Waals surface area contributed by atoms with Crippen LogP contribution < -0.4 is 0 Å². The molecule has 0 saturated carbocycles. The Hall–Kier alpha value is -3.10. The molecule has 1 amide bonds. The Morgan fingerprint density at radius 3 is 2.41 bits per heavy atom. The predicted molar refractivity (Wildman–Crippen MR) is 133 cm³/mol. The summed E-state index contributed by atoms with van der Waals surface area (Å²) in [5, 5.41) is 0. The number of nitrogens with zero attached hydrogens (tertiary/aromatic N) is 1. The predicted octanol–water partition coefficient (Wildman–Crippen LogP) is 6.32. The van der Waals surface area contributed by atoms with Crippen molar-refractivity contribution in [2.45, 2.75) is 37.8 Å². The minimum Gasteiger partial charge on any atom is -0.438 e. The molecule has 0 spiro atoms. The number of phosphoric ester groups is 1. The Balaban J connectivity index is 1.48. The zero-order valence-corrected chi connectivity index (χ0v) is 21.1. The number of cyclic esters (lactones) is 1. The molecule has 4 rings (SSSR count). The first kappa shape index (κ1) is 26.9. The maximum atomic E-state index is 14.2. The Labute approximate surface area is 213 Å². The van der Waals surface area contributed by atoms with Crippen LogP contribution in [0.5, 0.6) is 0 Å². The number of hydrogen-bond donors (Lipinski definition) is 2. The van der Waals surface area contributed by atoms with Gasteiger partial charge in [0.2, 0.25) is 0 Å². The summed E-state index contributed by atoms with van der Waals surface area (Å²) in [6.07, 6.45) is 0.585. The van der Waals surface area contributed by atoms with E-state index in [2.05, 4.69) is 4.52 Å². The second-order valence-electron chi connectivity index (χ2n) is 9.02. The molecule has 7 nitrogen and oxygen atoms in total. The molecule has 0 aromatic heterocycles. The molecule has 0 unspecified atom stereocenters.